The summed E-state index contributed by atoms with van der Waals surface area (Å²) in [5.74, 6) is 0.490. The summed E-state index contributed by atoms with van der Waals surface area (Å²) in [4.78, 5) is 12.0. The molecule has 1 amide bonds. The molecule has 22 heavy (non-hydrogen) atoms. The molecule has 1 heterocycles. The Morgan fingerprint density at radius 3 is 2.91 bits per heavy atom. The van der Waals surface area contributed by atoms with Crippen LogP contribution in [0.25, 0.3) is 0 Å². The van der Waals surface area contributed by atoms with E-state index in [9.17, 15) is 9.90 Å². The summed E-state index contributed by atoms with van der Waals surface area (Å²) in [6.45, 7) is 3.19. The third kappa shape index (κ3) is 6.36. The Hall–Kier alpha value is -1.08. The second-order valence-corrected chi connectivity index (χ2v) is 6.44. The topological polar surface area (TPSA) is 67.8 Å². The van der Waals surface area contributed by atoms with Crippen LogP contribution in [0.3, 0.4) is 0 Å². The van der Waals surface area contributed by atoms with Gasteiger partial charge in [-0.3, -0.25) is 4.79 Å². The van der Waals surface area contributed by atoms with Crippen LogP contribution in [0.1, 0.15) is 19.8 Å². The SMILES string of the molecule is CC(=O)Nc1ccc(SCC(O)COCC2CCCO2)cc1. The Balaban J connectivity index is 1.62. The van der Waals surface area contributed by atoms with Crippen LogP contribution in [0.5, 0.6) is 0 Å². The molecule has 2 unspecified atom stereocenters. The minimum atomic E-state index is -0.499. The Labute approximate surface area is 135 Å². The third-order valence-electron chi connectivity index (χ3n) is 3.26. The summed E-state index contributed by atoms with van der Waals surface area (Å²) >= 11 is 1.56. The van der Waals surface area contributed by atoms with Gasteiger partial charge >= 0.3 is 0 Å². The molecule has 0 bridgehead atoms. The number of carbonyl (C=O) groups excluding carboxylic acids is 1. The van der Waals surface area contributed by atoms with Gasteiger partial charge in [-0.15, -0.1) is 11.8 Å². The van der Waals surface area contributed by atoms with Crippen LogP contribution < -0.4 is 5.32 Å². The van der Waals surface area contributed by atoms with Crippen LogP contribution in [-0.4, -0.2) is 48.8 Å². The first-order valence-corrected chi connectivity index (χ1v) is 8.50. The van der Waals surface area contributed by atoms with E-state index in [1.807, 2.05) is 24.3 Å². The molecule has 2 rings (SSSR count). The van der Waals surface area contributed by atoms with E-state index >= 15 is 0 Å². The number of hydrogen-bond donors (Lipinski definition) is 2. The van der Waals surface area contributed by atoms with Crippen LogP contribution in [0.4, 0.5) is 5.69 Å². The van der Waals surface area contributed by atoms with Gasteiger partial charge in [0.25, 0.3) is 0 Å². The minimum absolute atomic E-state index is 0.0841. The average molecular weight is 325 g/mol. The molecule has 0 saturated carbocycles. The van der Waals surface area contributed by atoms with Gasteiger partial charge in [0.1, 0.15) is 0 Å². The van der Waals surface area contributed by atoms with Gasteiger partial charge in [0, 0.05) is 29.9 Å². The third-order valence-corrected chi connectivity index (χ3v) is 4.41. The predicted octanol–water partition coefficient (Wildman–Crippen LogP) is 2.29. The molecule has 1 aliphatic rings. The van der Waals surface area contributed by atoms with Crippen LogP contribution >= 0.6 is 11.8 Å². The smallest absolute Gasteiger partial charge is 0.221 e. The number of aliphatic hydroxyl groups excluding tert-OH is 1. The molecule has 1 fully saturated rings. The van der Waals surface area contributed by atoms with E-state index < -0.39 is 6.10 Å². The molecule has 1 saturated heterocycles. The van der Waals surface area contributed by atoms with E-state index in [1.165, 1.54) is 6.92 Å². The van der Waals surface area contributed by atoms with Crippen LogP contribution in [0.15, 0.2) is 29.2 Å². The van der Waals surface area contributed by atoms with Crippen molar-refractivity contribution >= 4 is 23.4 Å². The van der Waals surface area contributed by atoms with Gasteiger partial charge in [-0.25, -0.2) is 0 Å². The first-order chi connectivity index (χ1) is 10.6. The van der Waals surface area contributed by atoms with Gasteiger partial charge < -0.3 is 19.9 Å². The van der Waals surface area contributed by atoms with E-state index in [4.69, 9.17) is 9.47 Å². The highest BCUT2D eigenvalue weighted by Crippen LogP contribution is 2.21. The lowest BCUT2D eigenvalue weighted by molar-refractivity contribution is -0.114. The van der Waals surface area contributed by atoms with Crippen molar-refractivity contribution in [2.75, 3.05) is 30.9 Å². The van der Waals surface area contributed by atoms with Gasteiger partial charge in [0.05, 0.1) is 25.4 Å². The summed E-state index contributed by atoms with van der Waals surface area (Å²) in [6.07, 6.45) is 1.84. The van der Waals surface area contributed by atoms with Gasteiger partial charge in [0.15, 0.2) is 0 Å². The Kier molecular flexibility index (Phi) is 7.18. The maximum Gasteiger partial charge on any atom is 0.221 e. The Morgan fingerprint density at radius 2 is 2.27 bits per heavy atom. The molecule has 1 aliphatic heterocycles. The summed E-state index contributed by atoms with van der Waals surface area (Å²) in [5.41, 5.74) is 0.775. The van der Waals surface area contributed by atoms with Gasteiger partial charge in [-0.2, -0.15) is 0 Å². The minimum Gasteiger partial charge on any atom is -0.390 e. The molecule has 0 aliphatic carbocycles. The van der Waals surface area contributed by atoms with Gasteiger partial charge in [-0.05, 0) is 37.1 Å². The zero-order valence-electron chi connectivity index (χ0n) is 12.8. The molecule has 1 aromatic carbocycles. The van der Waals surface area contributed by atoms with Crippen molar-refractivity contribution in [1.82, 2.24) is 0 Å². The summed E-state index contributed by atoms with van der Waals surface area (Å²) in [7, 11) is 0. The molecule has 0 aromatic heterocycles. The number of hydrogen-bond acceptors (Lipinski definition) is 5. The first kappa shape index (κ1) is 17.3. The zero-order valence-corrected chi connectivity index (χ0v) is 13.6. The van der Waals surface area contributed by atoms with Gasteiger partial charge in [-0.1, -0.05) is 0 Å². The number of amides is 1. The summed E-state index contributed by atoms with van der Waals surface area (Å²) in [5, 5.41) is 12.6. The van der Waals surface area contributed by atoms with Crippen molar-refractivity contribution < 1.29 is 19.4 Å². The molecule has 2 N–H and O–H groups in total. The van der Waals surface area contributed by atoms with Crippen LogP contribution in [0, 0.1) is 0 Å². The van der Waals surface area contributed by atoms with E-state index in [0.29, 0.717) is 19.0 Å². The number of nitrogens with one attached hydrogen (secondary N) is 1. The second kappa shape index (κ2) is 9.15. The van der Waals surface area contributed by atoms with Gasteiger partial charge in [0.2, 0.25) is 5.91 Å². The Bertz CT molecular complexity index is 460. The number of ether oxygens (including phenoxy) is 2. The summed E-state index contributed by atoms with van der Waals surface area (Å²) in [6, 6.07) is 7.56. The van der Waals surface area contributed by atoms with Crippen LogP contribution in [-0.2, 0) is 14.3 Å². The number of aliphatic hydroxyl groups is 1. The fraction of sp³-hybridized carbons (Fsp3) is 0.562. The molecule has 1 aromatic rings. The molecule has 122 valence electrons. The lowest BCUT2D eigenvalue weighted by Gasteiger charge is -2.14. The first-order valence-electron chi connectivity index (χ1n) is 7.51. The number of thioether (sulfide) groups is 1. The van der Waals surface area contributed by atoms with E-state index in [0.717, 1.165) is 30.0 Å². The fourth-order valence-electron chi connectivity index (χ4n) is 2.19. The van der Waals surface area contributed by atoms with Crippen molar-refractivity contribution in [3.63, 3.8) is 0 Å². The molecule has 2 atom stereocenters. The average Bonchev–Trinajstić information content (AvgIpc) is 2.99. The lowest BCUT2D eigenvalue weighted by atomic mass is 10.2. The van der Waals surface area contributed by atoms with E-state index in [-0.39, 0.29) is 12.0 Å². The quantitative estimate of drug-likeness (QED) is 0.718. The highest BCUT2D eigenvalue weighted by atomic mass is 32.2. The summed E-state index contributed by atoms with van der Waals surface area (Å²) < 4.78 is 11.0. The molecular formula is C16H23NO4S. The van der Waals surface area contributed by atoms with Crippen molar-refractivity contribution in [2.45, 2.75) is 36.9 Å². The number of anilines is 1. The normalized spacial score (nSPS) is 19.1. The molecule has 0 radical (unpaired) electrons. The van der Waals surface area contributed by atoms with Crippen molar-refractivity contribution in [3.8, 4) is 0 Å². The maximum absolute atomic E-state index is 10.9. The zero-order chi connectivity index (χ0) is 15.8. The number of rotatable bonds is 8. The number of carbonyl (C=O) groups is 1. The monoisotopic (exact) mass is 325 g/mol. The molecule has 0 spiro atoms. The van der Waals surface area contributed by atoms with Crippen molar-refractivity contribution in [2.24, 2.45) is 0 Å². The predicted molar refractivity (Wildman–Crippen MR) is 87.3 cm³/mol. The highest BCUT2D eigenvalue weighted by molar-refractivity contribution is 7.99. The maximum atomic E-state index is 10.9. The second-order valence-electron chi connectivity index (χ2n) is 5.34. The molecular weight excluding hydrogens is 302 g/mol. The van der Waals surface area contributed by atoms with E-state index in [2.05, 4.69) is 5.32 Å². The van der Waals surface area contributed by atoms with E-state index in [1.54, 1.807) is 11.8 Å². The van der Waals surface area contributed by atoms with Crippen molar-refractivity contribution in [1.29, 1.82) is 0 Å². The molecule has 5 nitrogen and oxygen atoms in total. The largest absolute Gasteiger partial charge is 0.390 e. The van der Waals surface area contributed by atoms with Crippen LogP contribution in [0.2, 0.25) is 0 Å². The lowest BCUT2D eigenvalue weighted by Crippen LogP contribution is -2.22. The molecule has 6 heteroatoms. The standard InChI is InChI=1S/C16H23NO4S/c1-12(18)17-13-4-6-16(7-5-13)22-11-14(19)9-20-10-15-3-2-8-21-15/h4-7,14-15,19H,2-3,8-11H2,1H3,(H,17,18). The number of benzene rings is 1. The Morgan fingerprint density at radius 1 is 1.50 bits per heavy atom. The fourth-order valence-corrected chi connectivity index (χ4v) is 3.00. The highest BCUT2D eigenvalue weighted by Gasteiger charge is 2.16. The van der Waals surface area contributed by atoms with Crippen molar-refractivity contribution in [3.05, 3.63) is 24.3 Å².